The first-order valence-electron chi connectivity index (χ1n) is 19.0. The van der Waals surface area contributed by atoms with Crippen LogP contribution in [0.5, 0.6) is 0 Å². The lowest BCUT2D eigenvalue weighted by Crippen LogP contribution is -2.60. The third kappa shape index (κ3) is 8.44. The maximum atomic E-state index is 14.5. The van der Waals surface area contributed by atoms with Gasteiger partial charge >= 0.3 is 12.2 Å². The molecule has 4 bridgehead atoms. The van der Waals surface area contributed by atoms with Gasteiger partial charge in [0.05, 0.1) is 18.4 Å². The van der Waals surface area contributed by atoms with Crippen molar-refractivity contribution in [1.29, 1.82) is 0 Å². The molecule has 2 unspecified atom stereocenters. The first kappa shape index (κ1) is 38.8. The zero-order valence-corrected chi connectivity index (χ0v) is 32.6. The molecule has 1 saturated heterocycles. The minimum atomic E-state index is -3.88. The molecule has 5 aliphatic rings. The number of benzene rings is 1. The smallest absolute Gasteiger partial charge is 0.410 e. The molecule has 15 heteroatoms. The number of cyclic esters (lactones) is 1. The van der Waals surface area contributed by atoms with Crippen molar-refractivity contribution in [2.45, 2.75) is 141 Å². The van der Waals surface area contributed by atoms with Crippen LogP contribution in [0.2, 0.25) is 0 Å². The summed E-state index contributed by atoms with van der Waals surface area (Å²) in [6.07, 6.45) is 2.94. The molecule has 6 rings (SSSR count). The molecule has 14 nitrogen and oxygen atoms in total. The number of hydrogen-bond donors (Lipinski definition) is 3. The number of alkyl carbamates (subject to hydrolysis) is 1. The predicted octanol–water partition coefficient (Wildman–Crippen LogP) is 3.90. The highest BCUT2D eigenvalue weighted by molar-refractivity contribution is 7.91. The van der Waals surface area contributed by atoms with Crippen LogP contribution in [-0.4, -0.2) is 90.3 Å². The molecule has 53 heavy (non-hydrogen) atoms. The normalized spacial score (nSPS) is 29.4. The summed E-state index contributed by atoms with van der Waals surface area (Å²) in [6.45, 7) is 12.1. The molecular weight excluding hydrogens is 703 g/mol. The molecule has 5 amide bonds. The molecule has 0 spiro atoms. The molecule has 1 aromatic rings. The molecule has 292 valence electrons. The fourth-order valence-corrected chi connectivity index (χ4v) is 9.33. The van der Waals surface area contributed by atoms with Crippen molar-refractivity contribution in [3.63, 3.8) is 0 Å². The number of carbonyl (C=O) groups is 5. The van der Waals surface area contributed by atoms with Crippen LogP contribution in [0.3, 0.4) is 0 Å². The van der Waals surface area contributed by atoms with Crippen LogP contribution < -0.4 is 15.4 Å². The number of hydrogen-bond acceptors (Lipinski definition) is 9. The number of rotatable bonds is 6. The molecule has 3 N–H and O–H groups in total. The van der Waals surface area contributed by atoms with Crippen molar-refractivity contribution >= 4 is 39.9 Å². The zero-order valence-electron chi connectivity index (χ0n) is 31.8. The topological polar surface area (TPSA) is 181 Å². The highest BCUT2D eigenvalue weighted by Gasteiger charge is 2.62. The fourth-order valence-electron chi connectivity index (χ4n) is 7.97. The van der Waals surface area contributed by atoms with E-state index in [-0.39, 0.29) is 37.3 Å². The Morgan fingerprint density at radius 3 is 2.43 bits per heavy atom. The van der Waals surface area contributed by atoms with E-state index in [4.69, 9.17) is 9.47 Å². The summed E-state index contributed by atoms with van der Waals surface area (Å²) in [7, 11) is -3.88. The molecule has 2 saturated carbocycles. The van der Waals surface area contributed by atoms with Crippen LogP contribution in [0, 0.1) is 16.7 Å². The van der Waals surface area contributed by atoms with Crippen molar-refractivity contribution in [2.24, 2.45) is 16.7 Å². The number of nitrogens with zero attached hydrogens (tertiary/aromatic N) is 2. The summed E-state index contributed by atoms with van der Waals surface area (Å²) in [5, 5.41) is 4.95. The minimum Gasteiger partial charge on any atom is -0.449 e. The van der Waals surface area contributed by atoms with E-state index in [1.165, 1.54) is 10.5 Å². The number of aryl methyl sites for hydroxylation is 1. The first-order chi connectivity index (χ1) is 24.8. The summed E-state index contributed by atoms with van der Waals surface area (Å²) < 4.78 is 39.3. The maximum Gasteiger partial charge on any atom is 0.410 e. The van der Waals surface area contributed by atoms with E-state index < -0.39 is 74.3 Å². The van der Waals surface area contributed by atoms with Gasteiger partial charge in [0.1, 0.15) is 23.7 Å². The molecule has 5 atom stereocenters. The lowest BCUT2D eigenvalue weighted by atomic mass is 9.85. The number of ether oxygens (including phenoxy) is 2. The fraction of sp³-hybridized carbons (Fsp3) is 0.711. The summed E-state index contributed by atoms with van der Waals surface area (Å²) in [5.74, 6) is -2.33. The standard InChI is InChI=1S/C38H55N5O9S/c1-7-25-18-38(25,33(46)41-53(49,50)27-14-15-27)40-31(44)29-17-26-20-43(29)32(45)30(36(2,3)4)39-34(47)51-22-37(5,6)16-9-8-11-23-12-10-13-24-19-42(21-28(23)24)35(48)52-26/h10,12-13,25-27,29-30H,7-9,11,14-22H2,1-6H3,(H,39,47)(H,40,44)(H,41,46)/t25?,26-,29+,30-,38?/m1/s1. The van der Waals surface area contributed by atoms with Gasteiger partial charge in [-0.05, 0) is 72.0 Å². The zero-order chi connectivity index (χ0) is 38.5. The van der Waals surface area contributed by atoms with E-state index >= 15 is 0 Å². The van der Waals surface area contributed by atoms with Crippen molar-refractivity contribution in [3.05, 3.63) is 34.9 Å². The van der Waals surface area contributed by atoms with Gasteiger partial charge in [0.15, 0.2) is 0 Å². The van der Waals surface area contributed by atoms with Gasteiger partial charge in [-0.15, -0.1) is 0 Å². The Morgan fingerprint density at radius 2 is 1.77 bits per heavy atom. The van der Waals surface area contributed by atoms with Crippen LogP contribution in [0.1, 0.15) is 110 Å². The van der Waals surface area contributed by atoms with E-state index in [0.717, 1.165) is 36.8 Å². The molecule has 0 aromatic heterocycles. The number of amides is 5. The number of fused-ring (bicyclic) bond motifs is 3. The highest BCUT2D eigenvalue weighted by Crippen LogP contribution is 2.47. The van der Waals surface area contributed by atoms with Gasteiger partial charge < -0.3 is 25.0 Å². The van der Waals surface area contributed by atoms with Crippen molar-refractivity contribution in [2.75, 3.05) is 13.2 Å². The Labute approximate surface area is 312 Å². The molecule has 3 fully saturated rings. The maximum absolute atomic E-state index is 14.5. The van der Waals surface area contributed by atoms with E-state index in [9.17, 15) is 32.4 Å². The second-order valence-electron chi connectivity index (χ2n) is 17.5. The molecule has 1 aromatic carbocycles. The lowest BCUT2D eigenvalue weighted by molar-refractivity contribution is -0.143. The Balaban J connectivity index is 1.28. The van der Waals surface area contributed by atoms with Crippen LogP contribution in [0.25, 0.3) is 0 Å². The second-order valence-corrected chi connectivity index (χ2v) is 19.5. The van der Waals surface area contributed by atoms with Gasteiger partial charge in [-0.2, -0.15) is 0 Å². The van der Waals surface area contributed by atoms with Gasteiger partial charge in [-0.1, -0.05) is 72.6 Å². The molecular formula is C38H55N5O9S. The molecule has 0 radical (unpaired) electrons. The van der Waals surface area contributed by atoms with Crippen molar-refractivity contribution in [3.8, 4) is 0 Å². The molecule has 3 heterocycles. The SMILES string of the molecule is CCC1CC1(NC(=O)[C@@H]1C[C@@H]2CN1C(=O)[C@H](C(C)(C)C)NC(=O)OCC(C)(C)CCCCc1cccc3c1CN(C3)C(=O)O2)C(=O)NS(=O)(=O)C1CC1. The van der Waals surface area contributed by atoms with E-state index in [0.29, 0.717) is 32.4 Å². The van der Waals surface area contributed by atoms with Crippen molar-refractivity contribution < 1.29 is 41.9 Å². The quantitative estimate of drug-likeness (QED) is 0.388. The van der Waals surface area contributed by atoms with Gasteiger partial charge in [0.25, 0.3) is 5.91 Å². The van der Waals surface area contributed by atoms with Crippen LogP contribution >= 0.6 is 0 Å². The number of sulfonamides is 1. The Hall–Kier alpha value is -3.88. The van der Waals surface area contributed by atoms with E-state index in [1.807, 2.05) is 32.9 Å². The summed E-state index contributed by atoms with van der Waals surface area (Å²) >= 11 is 0. The largest absolute Gasteiger partial charge is 0.449 e. The lowest BCUT2D eigenvalue weighted by Gasteiger charge is -2.35. The van der Waals surface area contributed by atoms with E-state index in [1.54, 1.807) is 25.7 Å². The number of carbonyl (C=O) groups excluding carboxylic acids is 5. The van der Waals surface area contributed by atoms with Crippen molar-refractivity contribution in [1.82, 2.24) is 25.2 Å². The number of nitrogens with one attached hydrogen (secondary N) is 3. The third-order valence-electron chi connectivity index (χ3n) is 11.5. The monoisotopic (exact) mass is 757 g/mol. The Kier molecular flexibility index (Phi) is 10.6. The first-order valence-corrected chi connectivity index (χ1v) is 20.6. The highest BCUT2D eigenvalue weighted by atomic mass is 32.2. The van der Waals surface area contributed by atoms with Gasteiger partial charge in [0.2, 0.25) is 21.8 Å². The third-order valence-corrected chi connectivity index (χ3v) is 13.3. The average Bonchev–Trinajstić information content (AvgIpc) is 3.97. The summed E-state index contributed by atoms with van der Waals surface area (Å²) in [5.41, 5.74) is 0.742. The molecule has 3 aliphatic heterocycles. The second kappa shape index (κ2) is 14.4. The average molecular weight is 758 g/mol. The van der Waals surface area contributed by atoms with E-state index in [2.05, 4.69) is 21.4 Å². The van der Waals surface area contributed by atoms with Crippen LogP contribution in [0.4, 0.5) is 9.59 Å². The van der Waals surface area contributed by atoms with Gasteiger partial charge in [-0.25, -0.2) is 18.0 Å². The Morgan fingerprint density at radius 1 is 1.06 bits per heavy atom. The molecule has 2 aliphatic carbocycles. The summed E-state index contributed by atoms with van der Waals surface area (Å²) in [4.78, 5) is 72.1. The minimum absolute atomic E-state index is 0.0558. The summed E-state index contributed by atoms with van der Waals surface area (Å²) in [6, 6.07) is 3.80. The van der Waals surface area contributed by atoms with Gasteiger partial charge in [0, 0.05) is 19.5 Å². The Bertz CT molecular complexity index is 1750. The van der Waals surface area contributed by atoms with Crippen LogP contribution in [-0.2, 0) is 53.4 Å². The predicted molar refractivity (Wildman–Crippen MR) is 194 cm³/mol. The van der Waals surface area contributed by atoms with Gasteiger partial charge in [-0.3, -0.25) is 24.0 Å². The van der Waals surface area contributed by atoms with Crippen LogP contribution in [0.15, 0.2) is 18.2 Å².